The third-order valence-electron chi connectivity index (χ3n) is 4.09. The van der Waals surface area contributed by atoms with Crippen molar-refractivity contribution < 1.29 is 18.0 Å². The molecule has 0 aliphatic heterocycles. The molecule has 3 nitrogen and oxygen atoms in total. The molecule has 3 rings (SSSR count). The summed E-state index contributed by atoms with van der Waals surface area (Å²) < 4.78 is 41.3. The average molecular weight is 358 g/mol. The molecule has 26 heavy (non-hydrogen) atoms. The molecule has 0 saturated heterocycles. The molecule has 3 aromatic rings. The third kappa shape index (κ3) is 3.79. The molecule has 134 valence electrons. The van der Waals surface area contributed by atoms with Crippen molar-refractivity contribution in [3.8, 4) is 0 Å². The van der Waals surface area contributed by atoms with Gasteiger partial charge in [0.1, 0.15) is 0 Å². The first-order valence-corrected chi connectivity index (χ1v) is 8.11. The summed E-state index contributed by atoms with van der Waals surface area (Å²) in [5.41, 5.74) is 2.25. The van der Waals surface area contributed by atoms with Crippen LogP contribution in [-0.4, -0.2) is 17.0 Å². The van der Waals surface area contributed by atoms with Gasteiger partial charge in [0, 0.05) is 30.4 Å². The lowest BCUT2D eigenvalue weighted by atomic mass is 10.2. The van der Waals surface area contributed by atoms with Crippen LogP contribution in [0.5, 0.6) is 0 Å². The third-order valence-corrected chi connectivity index (χ3v) is 4.09. The van der Waals surface area contributed by atoms with E-state index in [0.717, 1.165) is 34.8 Å². The predicted octanol–water partition coefficient (Wildman–Crippen LogP) is 4.20. The van der Waals surface area contributed by atoms with E-state index in [0.29, 0.717) is 13.1 Å². The summed E-state index contributed by atoms with van der Waals surface area (Å²) in [5.74, 6) is -4.51. The quantitative estimate of drug-likeness (QED) is 0.538. The number of rotatable bonds is 5. The van der Waals surface area contributed by atoms with Crippen LogP contribution in [0, 0.1) is 24.4 Å². The van der Waals surface area contributed by atoms with Crippen LogP contribution in [0.2, 0.25) is 0 Å². The fourth-order valence-electron chi connectivity index (χ4n) is 2.84. The molecule has 1 amide bonds. The molecule has 0 unspecified atom stereocenters. The molecule has 1 aromatic heterocycles. The van der Waals surface area contributed by atoms with Gasteiger partial charge in [-0.05, 0) is 48.2 Å². The summed E-state index contributed by atoms with van der Waals surface area (Å²) >= 11 is 0. The van der Waals surface area contributed by atoms with E-state index in [4.69, 9.17) is 0 Å². The number of carbonyl (C=O) groups excluding carboxylic acids is 1. The topological polar surface area (TPSA) is 34.0 Å². The van der Waals surface area contributed by atoms with Gasteiger partial charge < -0.3 is 9.88 Å². The molecule has 0 spiro atoms. The second-order valence-corrected chi connectivity index (χ2v) is 5.92. The van der Waals surface area contributed by atoms with Crippen molar-refractivity contribution in [1.82, 2.24) is 9.88 Å². The number of aryl methyl sites for hydroxylation is 1. The van der Waals surface area contributed by atoms with E-state index >= 15 is 0 Å². The van der Waals surface area contributed by atoms with Crippen molar-refractivity contribution in [3.05, 3.63) is 77.2 Å². The summed E-state index contributed by atoms with van der Waals surface area (Å²) in [4.78, 5) is 11.9. The number of hydrogen-bond acceptors (Lipinski definition) is 1. The normalized spacial score (nSPS) is 11.4. The van der Waals surface area contributed by atoms with E-state index in [1.165, 1.54) is 6.08 Å². The largest absolute Gasteiger partial charge is 0.351 e. The molecule has 1 heterocycles. The maximum absolute atomic E-state index is 13.1. The molecular weight excluding hydrogens is 341 g/mol. The Hall–Kier alpha value is -3.02. The molecule has 0 atom stereocenters. The Kier molecular flexibility index (Phi) is 5.11. The number of carbonyl (C=O) groups is 1. The lowest BCUT2D eigenvalue weighted by molar-refractivity contribution is -0.116. The van der Waals surface area contributed by atoms with Gasteiger partial charge in [0.2, 0.25) is 5.91 Å². The molecule has 0 bridgehead atoms. The van der Waals surface area contributed by atoms with Gasteiger partial charge >= 0.3 is 0 Å². The van der Waals surface area contributed by atoms with Crippen LogP contribution in [0.25, 0.3) is 17.0 Å². The highest BCUT2D eigenvalue weighted by atomic mass is 19.2. The number of aromatic nitrogens is 1. The van der Waals surface area contributed by atoms with Crippen LogP contribution in [-0.2, 0) is 11.3 Å². The maximum Gasteiger partial charge on any atom is 0.244 e. The van der Waals surface area contributed by atoms with Gasteiger partial charge in [-0.15, -0.1) is 0 Å². The minimum Gasteiger partial charge on any atom is -0.351 e. The number of benzene rings is 2. The second-order valence-electron chi connectivity index (χ2n) is 5.92. The molecule has 2 aromatic carbocycles. The van der Waals surface area contributed by atoms with E-state index in [1.807, 2.05) is 31.2 Å². The number of halogens is 3. The van der Waals surface area contributed by atoms with E-state index < -0.39 is 23.4 Å². The van der Waals surface area contributed by atoms with Crippen LogP contribution in [0.1, 0.15) is 11.3 Å². The Balaban J connectivity index is 1.60. The number of hydrogen-bond donors (Lipinski definition) is 1. The first-order chi connectivity index (χ1) is 12.5. The fraction of sp³-hybridized carbons (Fsp3) is 0.150. The van der Waals surface area contributed by atoms with Gasteiger partial charge in [0.15, 0.2) is 17.5 Å². The van der Waals surface area contributed by atoms with Gasteiger partial charge in [0.05, 0.1) is 0 Å². The van der Waals surface area contributed by atoms with Gasteiger partial charge in [-0.1, -0.05) is 18.2 Å². The van der Waals surface area contributed by atoms with Crippen molar-refractivity contribution in [3.63, 3.8) is 0 Å². The summed E-state index contributed by atoms with van der Waals surface area (Å²) in [6, 6.07) is 11.7. The highest BCUT2D eigenvalue weighted by molar-refractivity contribution is 5.91. The number of para-hydroxylation sites is 1. The van der Waals surface area contributed by atoms with Gasteiger partial charge in [-0.25, -0.2) is 13.2 Å². The van der Waals surface area contributed by atoms with Crippen molar-refractivity contribution in [2.75, 3.05) is 6.54 Å². The zero-order chi connectivity index (χ0) is 18.7. The molecule has 0 aliphatic carbocycles. The maximum atomic E-state index is 13.1. The average Bonchev–Trinajstić information content (AvgIpc) is 2.93. The van der Waals surface area contributed by atoms with Gasteiger partial charge in [-0.3, -0.25) is 4.79 Å². The lowest BCUT2D eigenvalue weighted by Crippen LogP contribution is -2.25. The van der Waals surface area contributed by atoms with Crippen LogP contribution >= 0.6 is 0 Å². The Labute approximate surface area is 148 Å². The summed E-state index contributed by atoms with van der Waals surface area (Å²) in [6.45, 7) is 2.99. The van der Waals surface area contributed by atoms with Gasteiger partial charge in [0.25, 0.3) is 0 Å². The fourth-order valence-corrected chi connectivity index (χ4v) is 2.84. The summed E-state index contributed by atoms with van der Waals surface area (Å²) in [7, 11) is 0. The minimum absolute atomic E-state index is 0.0730. The summed E-state index contributed by atoms with van der Waals surface area (Å²) in [6.07, 6.45) is 2.39. The summed E-state index contributed by atoms with van der Waals surface area (Å²) in [5, 5.41) is 3.85. The minimum atomic E-state index is -1.53. The van der Waals surface area contributed by atoms with Gasteiger partial charge in [-0.2, -0.15) is 0 Å². The highest BCUT2D eigenvalue weighted by Gasteiger charge is 2.09. The van der Waals surface area contributed by atoms with Crippen LogP contribution in [0.4, 0.5) is 13.2 Å². The number of nitrogens with one attached hydrogen (secondary N) is 1. The Morgan fingerprint density at radius 3 is 2.54 bits per heavy atom. The molecule has 6 heteroatoms. The monoisotopic (exact) mass is 358 g/mol. The molecular formula is C20H17F3N2O. The van der Waals surface area contributed by atoms with E-state index in [1.54, 1.807) is 0 Å². The van der Waals surface area contributed by atoms with E-state index in [2.05, 4.69) is 16.0 Å². The molecule has 0 aliphatic rings. The molecule has 0 saturated carbocycles. The molecule has 0 fully saturated rings. The lowest BCUT2D eigenvalue weighted by Gasteiger charge is -2.08. The van der Waals surface area contributed by atoms with Crippen molar-refractivity contribution in [2.24, 2.45) is 0 Å². The standard InChI is InChI=1S/C20H17F3N2O/c1-13-10-15-4-2-3-5-18(15)25(13)9-8-24-19(26)7-6-14-11-16(21)20(23)17(22)12-14/h2-7,10-12H,8-9H2,1H3,(H,24,26)/b7-6-. The van der Waals surface area contributed by atoms with E-state index in [9.17, 15) is 18.0 Å². The van der Waals surface area contributed by atoms with Crippen molar-refractivity contribution in [1.29, 1.82) is 0 Å². The predicted molar refractivity (Wildman–Crippen MR) is 95.0 cm³/mol. The van der Waals surface area contributed by atoms with Crippen LogP contribution < -0.4 is 5.32 Å². The number of amides is 1. The number of nitrogens with zero attached hydrogens (tertiary/aromatic N) is 1. The SMILES string of the molecule is Cc1cc2ccccc2n1CCNC(=O)/C=C\c1cc(F)c(F)c(F)c1. The van der Waals surface area contributed by atoms with Crippen LogP contribution in [0.3, 0.4) is 0 Å². The zero-order valence-corrected chi connectivity index (χ0v) is 14.1. The first-order valence-electron chi connectivity index (χ1n) is 8.11. The Bertz CT molecular complexity index is 969. The Morgan fingerprint density at radius 1 is 1.12 bits per heavy atom. The van der Waals surface area contributed by atoms with E-state index in [-0.39, 0.29) is 5.56 Å². The van der Waals surface area contributed by atoms with Crippen molar-refractivity contribution >= 4 is 22.9 Å². The van der Waals surface area contributed by atoms with Crippen LogP contribution in [0.15, 0.2) is 48.5 Å². The molecule has 0 radical (unpaired) electrons. The van der Waals surface area contributed by atoms with Crippen molar-refractivity contribution in [2.45, 2.75) is 13.5 Å². The second kappa shape index (κ2) is 7.47. The first kappa shape index (κ1) is 17.8. The Morgan fingerprint density at radius 2 is 1.81 bits per heavy atom. The smallest absolute Gasteiger partial charge is 0.244 e. The molecule has 1 N–H and O–H groups in total. The highest BCUT2D eigenvalue weighted by Crippen LogP contribution is 2.18. The zero-order valence-electron chi connectivity index (χ0n) is 14.1. The number of fused-ring (bicyclic) bond motifs is 1.